The summed E-state index contributed by atoms with van der Waals surface area (Å²) in [4.78, 5) is 0. The molecule has 0 unspecified atom stereocenters. The minimum absolute atomic E-state index is 0.543. The second-order valence-corrected chi connectivity index (χ2v) is 19.0. The van der Waals surface area contributed by atoms with Gasteiger partial charge >= 0.3 is 0 Å². The van der Waals surface area contributed by atoms with E-state index in [1.54, 1.807) is 0 Å². The van der Waals surface area contributed by atoms with Gasteiger partial charge in [0, 0.05) is 54.2 Å². The summed E-state index contributed by atoms with van der Waals surface area (Å²) in [6.45, 7) is 0. The molecule has 15 aromatic rings. The Hall–Kier alpha value is -10.4. The van der Waals surface area contributed by atoms with Crippen molar-refractivity contribution in [2.45, 2.75) is 0 Å². The third-order valence-corrected chi connectivity index (χ3v) is 15.2. The fourth-order valence-corrected chi connectivity index (χ4v) is 12.3. The average molecular weight is 941 g/mol. The van der Waals surface area contributed by atoms with Gasteiger partial charge < -0.3 is 18.3 Å². The van der Waals surface area contributed by atoms with E-state index in [1.807, 2.05) is 24.3 Å². The minimum atomic E-state index is 0.543. The molecule has 0 saturated heterocycles. The first-order valence-electron chi connectivity index (χ1n) is 24.9. The molecule has 11 aromatic carbocycles. The van der Waals surface area contributed by atoms with E-state index in [9.17, 15) is 10.5 Å². The topological polar surface area (TPSA) is 67.3 Å². The Morgan fingerprint density at radius 3 is 0.716 bits per heavy atom. The van der Waals surface area contributed by atoms with Gasteiger partial charge in [-0.3, -0.25) is 0 Å². The van der Waals surface area contributed by atoms with Crippen LogP contribution in [0.4, 0.5) is 0 Å². The maximum absolute atomic E-state index is 10.9. The van der Waals surface area contributed by atoms with Crippen molar-refractivity contribution in [3.05, 3.63) is 254 Å². The fraction of sp³-hybridized carbons (Fsp3) is 0. The van der Waals surface area contributed by atoms with E-state index in [0.717, 1.165) is 132 Å². The molecule has 15 rings (SSSR count). The molecule has 0 amide bonds. The molecule has 0 spiro atoms. The number of benzene rings is 11. The van der Waals surface area contributed by atoms with E-state index >= 15 is 0 Å². The monoisotopic (exact) mass is 940 g/mol. The van der Waals surface area contributed by atoms with Crippen molar-refractivity contribution in [1.29, 1.82) is 10.5 Å². The van der Waals surface area contributed by atoms with Crippen LogP contribution < -0.4 is 0 Å². The molecule has 0 atom stereocenters. The molecule has 342 valence electrons. The molecule has 74 heavy (non-hydrogen) atoms. The molecular formula is C68H40N6. The van der Waals surface area contributed by atoms with Gasteiger partial charge in [0.15, 0.2) is 0 Å². The number of rotatable bonds is 6. The zero-order chi connectivity index (χ0) is 49.0. The summed E-state index contributed by atoms with van der Waals surface area (Å²) < 4.78 is 9.93. The standard InChI is InChI=1S/C68H40N6/c69-41-43-19-17-21-45(39-43)63-65(71-55-31-9-1-23-47(55)48-24-2-10-32-56(48)71)64(46-22-18-20-44(40-46)42-70)67(73-59-35-13-5-27-51(59)52-28-6-14-36-60(52)73)68(74-61-37-15-7-29-53(61)54-30-8-16-38-62(54)74)66(63)72-57-33-11-3-25-49(57)50-26-4-12-34-58(50)72/h1-40H. The van der Waals surface area contributed by atoms with Gasteiger partial charge in [-0.05, 0) is 83.9 Å². The number of fused-ring (bicyclic) bond motifs is 12. The number of nitrogens with zero attached hydrogens (tertiary/aromatic N) is 6. The third-order valence-electron chi connectivity index (χ3n) is 15.2. The molecule has 0 aliphatic rings. The molecule has 0 saturated carbocycles. The summed E-state index contributed by atoms with van der Waals surface area (Å²) >= 11 is 0. The van der Waals surface area contributed by atoms with Crippen molar-refractivity contribution in [2.24, 2.45) is 0 Å². The highest BCUT2D eigenvalue weighted by Gasteiger charge is 2.35. The van der Waals surface area contributed by atoms with Gasteiger partial charge in [-0.15, -0.1) is 0 Å². The largest absolute Gasteiger partial charge is 0.308 e. The van der Waals surface area contributed by atoms with E-state index in [2.05, 4.69) is 249 Å². The van der Waals surface area contributed by atoms with Crippen LogP contribution in [0.1, 0.15) is 11.1 Å². The van der Waals surface area contributed by atoms with Crippen LogP contribution in [0.15, 0.2) is 243 Å². The van der Waals surface area contributed by atoms with Crippen molar-refractivity contribution in [2.75, 3.05) is 0 Å². The quantitative estimate of drug-likeness (QED) is 0.167. The Balaban J connectivity index is 1.36. The summed E-state index contributed by atoms with van der Waals surface area (Å²) in [6.07, 6.45) is 0. The highest BCUT2D eigenvalue weighted by Crippen LogP contribution is 2.54. The van der Waals surface area contributed by atoms with Crippen molar-refractivity contribution in [3.8, 4) is 57.1 Å². The molecule has 0 bridgehead atoms. The van der Waals surface area contributed by atoms with E-state index < -0.39 is 0 Å². The van der Waals surface area contributed by atoms with E-state index in [0.29, 0.717) is 11.1 Å². The number of para-hydroxylation sites is 8. The average Bonchev–Trinajstić information content (AvgIpc) is 4.19. The summed E-state index contributed by atoms with van der Waals surface area (Å²) in [5.74, 6) is 0. The van der Waals surface area contributed by atoms with Crippen LogP contribution in [0.25, 0.3) is 132 Å². The van der Waals surface area contributed by atoms with Crippen LogP contribution in [-0.4, -0.2) is 18.3 Å². The lowest BCUT2D eigenvalue weighted by molar-refractivity contribution is 1.04. The fourth-order valence-electron chi connectivity index (χ4n) is 12.3. The predicted molar refractivity (Wildman–Crippen MR) is 304 cm³/mol. The van der Waals surface area contributed by atoms with Gasteiger partial charge in [0.2, 0.25) is 0 Å². The molecule has 0 N–H and O–H groups in total. The van der Waals surface area contributed by atoms with Gasteiger partial charge in [0.25, 0.3) is 0 Å². The zero-order valence-electron chi connectivity index (χ0n) is 39.8. The molecule has 4 heterocycles. The normalized spacial score (nSPS) is 11.8. The van der Waals surface area contributed by atoms with Crippen LogP contribution in [0, 0.1) is 22.7 Å². The van der Waals surface area contributed by atoms with Gasteiger partial charge in [-0.1, -0.05) is 170 Å². The second kappa shape index (κ2) is 16.1. The molecular weight excluding hydrogens is 901 g/mol. The Kier molecular flexibility index (Phi) is 8.99. The van der Waals surface area contributed by atoms with Crippen LogP contribution in [0.2, 0.25) is 0 Å². The first-order valence-corrected chi connectivity index (χ1v) is 24.9. The number of hydrogen-bond donors (Lipinski definition) is 0. The number of nitriles is 2. The van der Waals surface area contributed by atoms with E-state index in [4.69, 9.17) is 0 Å². The highest BCUT2D eigenvalue weighted by atomic mass is 15.1. The maximum atomic E-state index is 10.9. The Morgan fingerprint density at radius 2 is 0.459 bits per heavy atom. The van der Waals surface area contributed by atoms with Crippen LogP contribution in [0.3, 0.4) is 0 Å². The van der Waals surface area contributed by atoms with E-state index in [-0.39, 0.29) is 0 Å². The van der Waals surface area contributed by atoms with Gasteiger partial charge in [0.1, 0.15) is 0 Å². The van der Waals surface area contributed by atoms with Gasteiger partial charge in [-0.25, -0.2) is 0 Å². The molecule has 0 aliphatic heterocycles. The lowest BCUT2D eigenvalue weighted by Gasteiger charge is -2.31. The highest BCUT2D eigenvalue weighted by molar-refractivity contribution is 6.18. The molecule has 4 aromatic heterocycles. The van der Waals surface area contributed by atoms with Crippen molar-refractivity contribution in [3.63, 3.8) is 0 Å². The minimum Gasteiger partial charge on any atom is -0.308 e. The molecule has 6 nitrogen and oxygen atoms in total. The predicted octanol–water partition coefficient (Wildman–Crippen LogP) is 17.2. The SMILES string of the molecule is N#Cc1cccc(-c2c(-n3c4ccccc4c4ccccc43)c(-c3cccc(C#N)c3)c(-n3c4ccccc4c4ccccc43)c(-n3c4ccccc4c4ccccc43)c2-n2c3ccccc3c3ccccc32)c1. The van der Waals surface area contributed by atoms with Crippen LogP contribution in [0.5, 0.6) is 0 Å². The molecule has 6 heteroatoms. The zero-order valence-corrected chi connectivity index (χ0v) is 39.8. The van der Waals surface area contributed by atoms with Crippen molar-refractivity contribution >= 4 is 87.2 Å². The molecule has 0 fully saturated rings. The molecule has 0 aliphatic carbocycles. The lowest BCUT2D eigenvalue weighted by Crippen LogP contribution is -2.16. The van der Waals surface area contributed by atoms with Crippen molar-refractivity contribution in [1.82, 2.24) is 18.3 Å². The Morgan fingerprint density at radius 1 is 0.230 bits per heavy atom. The smallest absolute Gasteiger partial charge is 0.0991 e. The summed E-state index contributed by atoms with van der Waals surface area (Å²) in [7, 11) is 0. The number of aromatic nitrogens is 4. The molecule has 0 radical (unpaired) electrons. The first-order chi connectivity index (χ1) is 36.7. The van der Waals surface area contributed by atoms with Gasteiger partial charge in [0.05, 0.1) is 90.1 Å². The van der Waals surface area contributed by atoms with Crippen LogP contribution >= 0.6 is 0 Å². The third kappa shape index (κ3) is 5.79. The summed E-state index contributed by atoms with van der Waals surface area (Å²) in [5.41, 5.74) is 16.6. The summed E-state index contributed by atoms with van der Waals surface area (Å²) in [5, 5.41) is 30.7. The first kappa shape index (κ1) is 41.4. The number of hydrogen-bond acceptors (Lipinski definition) is 2. The second-order valence-electron chi connectivity index (χ2n) is 19.0. The summed E-state index contributed by atoms with van der Waals surface area (Å²) in [6, 6.07) is 91.1. The Bertz CT molecular complexity index is 4530. The van der Waals surface area contributed by atoms with Gasteiger partial charge in [-0.2, -0.15) is 10.5 Å². The van der Waals surface area contributed by atoms with Crippen molar-refractivity contribution < 1.29 is 0 Å². The maximum Gasteiger partial charge on any atom is 0.0991 e. The lowest BCUT2D eigenvalue weighted by atomic mass is 9.88. The Labute approximate surface area is 424 Å². The van der Waals surface area contributed by atoms with Crippen LogP contribution in [-0.2, 0) is 0 Å². The van der Waals surface area contributed by atoms with E-state index in [1.165, 1.54) is 0 Å².